The van der Waals surface area contributed by atoms with Crippen molar-refractivity contribution in [3.63, 3.8) is 0 Å². The van der Waals surface area contributed by atoms with Gasteiger partial charge in [0.15, 0.2) is 13.8 Å². The molecule has 1 N–H and O–H groups in total. The molecule has 0 fully saturated rings. The zero-order valence-electron chi connectivity index (χ0n) is 11.2. The molecular weight excluding hydrogens is 314 g/mol. The molecule has 0 spiro atoms. The number of thioether (sulfide) groups is 1. The minimum atomic E-state index is 0.689. The summed E-state index contributed by atoms with van der Waals surface area (Å²) in [5, 5.41) is 12.1. The highest BCUT2D eigenvalue weighted by atomic mass is 32.2. The van der Waals surface area contributed by atoms with Gasteiger partial charge in [-0.05, 0) is 18.0 Å². The van der Waals surface area contributed by atoms with Gasteiger partial charge in [-0.3, -0.25) is 0 Å². The molecule has 2 heterocycles. The van der Waals surface area contributed by atoms with Crippen molar-refractivity contribution < 1.29 is 4.74 Å². The largest absolute Gasteiger partial charge is 0.383 e. The predicted octanol–water partition coefficient (Wildman–Crippen LogP) is 1.94. The monoisotopic (exact) mass is 329 g/mol. The van der Waals surface area contributed by atoms with E-state index in [-0.39, 0.29) is 0 Å². The fraction of sp³-hybridized carbons (Fsp3) is 0.455. The molecule has 0 bridgehead atoms. The van der Waals surface area contributed by atoms with Gasteiger partial charge in [0, 0.05) is 38.2 Å². The van der Waals surface area contributed by atoms with Gasteiger partial charge in [0.2, 0.25) is 0 Å². The summed E-state index contributed by atoms with van der Waals surface area (Å²) < 4.78 is 6.78. The van der Waals surface area contributed by atoms with Crippen molar-refractivity contribution in [3.05, 3.63) is 18.0 Å². The van der Waals surface area contributed by atoms with Crippen LogP contribution in [0.25, 0.3) is 0 Å². The Kier molecular flexibility index (Phi) is 6.67. The maximum atomic E-state index is 4.97. The van der Waals surface area contributed by atoms with Crippen LogP contribution in [0.1, 0.15) is 5.56 Å². The van der Waals surface area contributed by atoms with Gasteiger partial charge in [0.25, 0.3) is 0 Å². The van der Waals surface area contributed by atoms with Gasteiger partial charge in [-0.15, -0.1) is 10.2 Å². The lowest BCUT2D eigenvalue weighted by Crippen LogP contribution is -2.18. The van der Waals surface area contributed by atoms with E-state index in [0.29, 0.717) is 11.8 Å². The Bertz CT molecular complexity index is 519. The maximum Gasteiger partial charge on any atom is 0.194 e. The van der Waals surface area contributed by atoms with Gasteiger partial charge in [-0.1, -0.05) is 23.1 Å². The van der Waals surface area contributed by atoms with Crippen molar-refractivity contribution in [2.24, 2.45) is 0 Å². The highest BCUT2D eigenvalue weighted by Crippen LogP contribution is 2.30. The second-order valence-corrected chi connectivity index (χ2v) is 6.93. The summed E-state index contributed by atoms with van der Waals surface area (Å²) in [7, 11) is 1.69. The average Bonchev–Trinajstić information content (AvgIpc) is 2.93. The molecule has 2 aromatic heterocycles. The molecule has 0 saturated heterocycles. The van der Waals surface area contributed by atoms with Crippen LogP contribution in [0.15, 0.2) is 26.2 Å². The molecule has 0 atom stereocenters. The second kappa shape index (κ2) is 8.53. The Labute approximate surface area is 130 Å². The average molecular weight is 329 g/mol. The van der Waals surface area contributed by atoms with Crippen LogP contribution in [0.2, 0.25) is 0 Å². The van der Waals surface area contributed by atoms with Gasteiger partial charge >= 0.3 is 0 Å². The first-order valence-corrected chi connectivity index (χ1v) is 8.73. The van der Waals surface area contributed by atoms with Gasteiger partial charge in [0.05, 0.1) is 6.61 Å². The number of rotatable bonds is 8. The Morgan fingerprint density at radius 1 is 1.25 bits per heavy atom. The molecule has 2 aromatic rings. The van der Waals surface area contributed by atoms with Crippen LogP contribution in [0, 0.1) is 0 Å². The second-order valence-electron chi connectivity index (χ2n) is 3.68. The number of hydrogen-bond donors (Lipinski definition) is 1. The van der Waals surface area contributed by atoms with Crippen LogP contribution < -0.4 is 5.32 Å². The first-order valence-electron chi connectivity index (χ1n) is 5.87. The molecule has 0 aliphatic carbocycles. The van der Waals surface area contributed by atoms with Gasteiger partial charge in [-0.25, -0.2) is 9.97 Å². The van der Waals surface area contributed by atoms with E-state index < -0.39 is 0 Å². The third-order valence-corrected chi connectivity index (χ3v) is 5.08. The van der Waals surface area contributed by atoms with Crippen molar-refractivity contribution in [3.8, 4) is 0 Å². The van der Waals surface area contributed by atoms with E-state index in [2.05, 4.69) is 25.5 Å². The molecule has 0 saturated carbocycles. The smallest absolute Gasteiger partial charge is 0.194 e. The number of nitrogens with one attached hydrogen (secondary N) is 1. The van der Waals surface area contributed by atoms with E-state index >= 15 is 0 Å². The van der Waals surface area contributed by atoms with Crippen molar-refractivity contribution in [2.45, 2.75) is 20.4 Å². The minimum Gasteiger partial charge on any atom is -0.383 e. The van der Waals surface area contributed by atoms with Crippen molar-refractivity contribution >= 4 is 34.9 Å². The highest BCUT2D eigenvalue weighted by Gasteiger charge is 2.07. The highest BCUT2D eigenvalue weighted by molar-refractivity contribution is 8.02. The third kappa shape index (κ3) is 4.98. The summed E-state index contributed by atoms with van der Waals surface area (Å²) in [6.07, 6.45) is 5.63. The maximum absolute atomic E-state index is 4.97. The van der Waals surface area contributed by atoms with E-state index in [1.807, 2.05) is 18.6 Å². The van der Waals surface area contributed by atoms with E-state index in [1.54, 1.807) is 30.2 Å². The lowest BCUT2D eigenvalue weighted by molar-refractivity contribution is 0.199. The Morgan fingerprint density at radius 2 is 2.00 bits per heavy atom. The topological polar surface area (TPSA) is 72.8 Å². The van der Waals surface area contributed by atoms with Crippen LogP contribution in [-0.2, 0) is 11.3 Å². The Hall–Kier alpha value is -0.740. The molecule has 9 heteroatoms. The van der Waals surface area contributed by atoms with Gasteiger partial charge in [-0.2, -0.15) is 0 Å². The molecule has 0 aliphatic rings. The molecule has 0 amide bonds. The van der Waals surface area contributed by atoms with Crippen molar-refractivity contribution in [1.82, 2.24) is 25.5 Å². The van der Waals surface area contributed by atoms with Crippen LogP contribution in [0.5, 0.6) is 0 Å². The van der Waals surface area contributed by atoms with Crippen LogP contribution in [-0.4, -0.2) is 46.7 Å². The zero-order chi connectivity index (χ0) is 14.2. The fourth-order valence-corrected chi connectivity index (χ4v) is 3.53. The predicted molar refractivity (Wildman–Crippen MR) is 81.4 cm³/mol. The van der Waals surface area contributed by atoms with Gasteiger partial charge < -0.3 is 10.1 Å². The van der Waals surface area contributed by atoms with Crippen LogP contribution in [0.3, 0.4) is 0 Å². The summed E-state index contributed by atoms with van der Waals surface area (Å²) >= 11 is 4.57. The third-order valence-electron chi connectivity index (χ3n) is 2.23. The first kappa shape index (κ1) is 15.6. The Morgan fingerprint density at radius 3 is 2.65 bits per heavy atom. The van der Waals surface area contributed by atoms with Gasteiger partial charge in [0.1, 0.15) is 0 Å². The number of aromatic nitrogens is 4. The summed E-state index contributed by atoms with van der Waals surface area (Å²) in [4.78, 5) is 8.64. The fourth-order valence-electron chi connectivity index (χ4n) is 1.29. The number of ether oxygens (including phenoxy) is 1. The molecule has 20 heavy (non-hydrogen) atoms. The standard InChI is InChI=1S/C11H15N5OS3/c1-17-4-3-12-5-8-6-13-9(14-7-8)19-11-16-15-10(18-2)20-11/h6-7,12H,3-5H2,1-2H3. The number of hydrogen-bond acceptors (Lipinski definition) is 9. The SMILES string of the molecule is COCCNCc1cnc(Sc2nnc(SC)s2)nc1. The molecule has 0 radical (unpaired) electrons. The van der Waals surface area contributed by atoms with E-state index in [4.69, 9.17) is 4.74 Å². The summed E-state index contributed by atoms with van der Waals surface area (Å²) in [6, 6.07) is 0. The van der Waals surface area contributed by atoms with E-state index in [9.17, 15) is 0 Å². The zero-order valence-corrected chi connectivity index (χ0v) is 13.6. The number of nitrogens with zero attached hydrogens (tertiary/aromatic N) is 4. The lowest BCUT2D eigenvalue weighted by atomic mass is 10.3. The summed E-state index contributed by atoms with van der Waals surface area (Å²) in [5.74, 6) is 0. The minimum absolute atomic E-state index is 0.689. The molecule has 6 nitrogen and oxygen atoms in total. The molecule has 108 valence electrons. The molecular formula is C11H15N5OS3. The molecule has 0 aromatic carbocycles. The van der Waals surface area contributed by atoms with E-state index in [0.717, 1.165) is 27.3 Å². The summed E-state index contributed by atoms with van der Waals surface area (Å²) in [6.45, 7) is 2.25. The molecule has 0 unspecified atom stereocenters. The first-order chi connectivity index (χ1) is 9.81. The van der Waals surface area contributed by atoms with Crippen LogP contribution in [0.4, 0.5) is 0 Å². The molecule has 2 rings (SSSR count). The van der Waals surface area contributed by atoms with Crippen LogP contribution >= 0.6 is 34.9 Å². The van der Waals surface area contributed by atoms with Crippen molar-refractivity contribution in [2.75, 3.05) is 26.5 Å². The Balaban J connectivity index is 1.84. The number of methoxy groups -OCH3 is 1. The van der Waals surface area contributed by atoms with E-state index in [1.165, 1.54) is 11.8 Å². The molecule has 0 aliphatic heterocycles. The summed E-state index contributed by atoms with van der Waals surface area (Å²) in [5.41, 5.74) is 1.05. The quantitative estimate of drug-likeness (QED) is 0.447. The normalized spacial score (nSPS) is 10.9. The van der Waals surface area contributed by atoms with Crippen molar-refractivity contribution in [1.29, 1.82) is 0 Å². The lowest BCUT2D eigenvalue weighted by Gasteiger charge is -2.03.